The minimum atomic E-state index is -0.272. The van der Waals surface area contributed by atoms with Crippen LogP contribution >= 0.6 is 0 Å². The fourth-order valence-electron chi connectivity index (χ4n) is 3.69. The van der Waals surface area contributed by atoms with Crippen molar-refractivity contribution in [2.45, 2.75) is 32.6 Å². The SMILES string of the molecule is CCN1CCN(C(=O)c2c(C3CC3)nn(-c3ccc(F)cc3)c2C)CC1. The molecule has 2 heterocycles. The minimum absolute atomic E-state index is 0.0912. The highest BCUT2D eigenvalue weighted by Gasteiger charge is 2.35. The summed E-state index contributed by atoms with van der Waals surface area (Å²) in [6.07, 6.45) is 2.17. The molecule has 1 aliphatic carbocycles. The third-order valence-corrected chi connectivity index (χ3v) is 5.50. The maximum Gasteiger partial charge on any atom is 0.257 e. The van der Waals surface area contributed by atoms with Crippen molar-refractivity contribution in [3.63, 3.8) is 0 Å². The Morgan fingerprint density at radius 2 is 1.81 bits per heavy atom. The first-order valence-electron chi connectivity index (χ1n) is 9.45. The molecule has 0 radical (unpaired) electrons. The number of hydrogen-bond acceptors (Lipinski definition) is 3. The highest BCUT2D eigenvalue weighted by molar-refractivity contribution is 5.97. The molecule has 1 amide bonds. The number of aromatic nitrogens is 2. The van der Waals surface area contributed by atoms with Crippen LogP contribution in [0.1, 0.15) is 47.4 Å². The van der Waals surface area contributed by atoms with Crippen LogP contribution in [0.25, 0.3) is 5.69 Å². The molecule has 1 aliphatic heterocycles. The van der Waals surface area contributed by atoms with E-state index in [9.17, 15) is 9.18 Å². The van der Waals surface area contributed by atoms with Gasteiger partial charge in [-0.25, -0.2) is 9.07 Å². The molecule has 2 aromatic rings. The van der Waals surface area contributed by atoms with Crippen molar-refractivity contribution < 1.29 is 9.18 Å². The van der Waals surface area contributed by atoms with Crippen molar-refractivity contribution in [3.05, 3.63) is 47.0 Å². The quantitative estimate of drug-likeness (QED) is 0.846. The van der Waals surface area contributed by atoms with E-state index in [1.807, 2.05) is 11.8 Å². The molecule has 0 N–H and O–H groups in total. The van der Waals surface area contributed by atoms with E-state index in [0.717, 1.165) is 68.2 Å². The summed E-state index contributed by atoms with van der Waals surface area (Å²) in [6, 6.07) is 6.28. The van der Waals surface area contributed by atoms with Crippen LogP contribution in [0.5, 0.6) is 0 Å². The van der Waals surface area contributed by atoms with E-state index in [1.54, 1.807) is 16.8 Å². The molecule has 0 bridgehead atoms. The summed E-state index contributed by atoms with van der Waals surface area (Å²) in [7, 11) is 0. The molecule has 138 valence electrons. The standard InChI is InChI=1S/C20H25FN4O/c1-3-23-10-12-24(13-11-23)20(26)18-14(2)25(22-19(18)15-4-5-15)17-8-6-16(21)7-9-17/h6-9,15H,3-5,10-13H2,1-2H3. The number of likely N-dealkylation sites (N-methyl/N-ethyl adjacent to an activating group) is 1. The molecule has 6 heteroatoms. The summed E-state index contributed by atoms with van der Waals surface area (Å²) in [4.78, 5) is 17.6. The third-order valence-electron chi connectivity index (χ3n) is 5.50. The van der Waals surface area contributed by atoms with E-state index < -0.39 is 0 Å². The van der Waals surface area contributed by atoms with Crippen LogP contribution in [0.2, 0.25) is 0 Å². The van der Waals surface area contributed by atoms with Gasteiger partial charge in [-0.1, -0.05) is 6.92 Å². The van der Waals surface area contributed by atoms with Gasteiger partial charge >= 0.3 is 0 Å². The summed E-state index contributed by atoms with van der Waals surface area (Å²) in [5.41, 5.74) is 3.30. The first kappa shape index (κ1) is 17.2. The number of nitrogens with zero attached hydrogens (tertiary/aromatic N) is 4. The van der Waals surface area contributed by atoms with Crippen molar-refractivity contribution in [1.82, 2.24) is 19.6 Å². The van der Waals surface area contributed by atoms with Crippen molar-refractivity contribution in [2.24, 2.45) is 0 Å². The van der Waals surface area contributed by atoms with E-state index in [2.05, 4.69) is 11.8 Å². The normalized spacial score (nSPS) is 18.3. The number of benzene rings is 1. The predicted molar refractivity (Wildman–Crippen MR) is 98.3 cm³/mol. The zero-order valence-corrected chi connectivity index (χ0v) is 15.4. The minimum Gasteiger partial charge on any atom is -0.336 e. The lowest BCUT2D eigenvalue weighted by Gasteiger charge is -2.34. The summed E-state index contributed by atoms with van der Waals surface area (Å²) in [5.74, 6) is 0.200. The van der Waals surface area contributed by atoms with Gasteiger partial charge < -0.3 is 9.80 Å². The zero-order chi connectivity index (χ0) is 18.3. The number of piperazine rings is 1. The summed E-state index contributed by atoms with van der Waals surface area (Å²) >= 11 is 0. The number of hydrogen-bond donors (Lipinski definition) is 0. The Morgan fingerprint density at radius 3 is 2.38 bits per heavy atom. The number of amides is 1. The van der Waals surface area contributed by atoms with Gasteiger partial charge in [0.1, 0.15) is 5.82 Å². The Hall–Kier alpha value is -2.21. The number of carbonyl (C=O) groups excluding carboxylic acids is 1. The summed E-state index contributed by atoms with van der Waals surface area (Å²) < 4.78 is 15.1. The molecule has 0 unspecified atom stereocenters. The van der Waals surface area contributed by atoms with E-state index in [-0.39, 0.29) is 11.7 Å². The van der Waals surface area contributed by atoms with Gasteiger partial charge in [-0.15, -0.1) is 0 Å². The molecule has 5 nitrogen and oxygen atoms in total. The molecule has 0 spiro atoms. The average Bonchev–Trinajstić information content (AvgIpc) is 3.45. The molecule has 4 rings (SSSR count). The van der Waals surface area contributed by atoms with Crippen LogP contribution in [0.15, 0.2) is 24.3 Å². The van der Waals surface area contributed by atoms with E-state index in [1.165, 1.54) is 12.1 Å². The van der Waals surface area contributed by atoms with E-state index in [0.29, 0.717) is 5.92 Å². The van der Waals surface area contributed by atoms with Gasteiger partial charge in [-0.2, -0.15) is 5.10 Å². The van der Waals surface area contributed by atoms with Gasteiger partial charge in [0.15, 0.2) is 0 Å². The van der Waals surface area contributed by atoms with Gasteiger partial charge in [0.2, 0.25) is 0 Å². The van der Waals surface area contributed by atoms with Crippen molar-refractivity contribution in [2.75, 3.05) is 32.7 Å². The summed E-state index contributed by atoms with van der Waals surface area (Å²) in [5, 5.41) is 4.75. The van der Waals surface area contributed by atoms with Gasteiger partial charge in [-0.3, -0.25) is 4.79 Å². The maximum atomic E-state index is 13.3. The van der Waals surface area contributed by atoms with Gasteiger partial charge in [0.25, 0.3) is 5.91 Å². The molecule has 2 fully saturated rings. The second-order valence-electron chi connectivity index (χ2n) is 7.23. The fourth-order valence-corrected chi connectivity index (χ4v) is 3.69. The van der Waals surface area contributed by atoms with Crippen LogP contribution < -0.4 is 0 Å². The first-order valence-corrected chi connectivity index (χ1v) is 9.45. The Labute approximate surface area is 153 Å². The second kappa shape index (κ2) is 6.83. The lowest BCUT2D eigenvalue weighted by molar-refractivity contribution is 0.0641. The Bertz CT molecular complexity index is 802. The zero-order valence-electron chi connectivity index (χ0n) is 15.4. The highest BCUT2D eigenvalue weighted by Crippen LogP contribution is 2.42. The molecular weight excluding hydrogens is 331 g/mol. The maximum absolute atomic E-state index is 13.3. The number of carbonyl (C=O) groups is 1. The van der Waals surface area contributed by atoms with E-state index in [4.69, 9.17) is 5.10 Å². The fraction of sp³-hybridized carbons (Fsp3) is 0.500. The van der Waals surface area contributed by atoms with Crippen LogP contribution in [0.4, 0.5) is 4.39 Å². The Kier molecular flexibility index (Phi) is 4.53. The largest absolute Gasteiger partial charge is 0.336 e. The summed E-state index contributed by atoms with van der Waals surface area (Å²) in [6.45, 7) is 8.49. The monoisotopic (exact) mass is 356 g/mol. The van der Waals surface area contributed by atoms with Gasteiger partial charge in [0.05, 0.1) is 22.6 Å². The average molecular weight is 356 g/mol. The van der Waals surface area contributed by atoms with Crippen molar-refractivity contribution in [1.29, 1.82) is 0 Å². The van der Waals surface area contributed by atoms with E-state index >= 15 is 0 Å². The van der Waals surface area contributed by atoms with Crippen LogP contribution in [-0.4, -0.2) is 58.2 Å². The molecule has 1 aromatic heterocycles. The molecule has 2 aliphatic rings. The lowest BCUT2D eigenvalue weighted by Crippen LogP contribution is -2.48. The van der Waals surface area contributed by atoms with Crippen molar-refractivity contribution in [3.8, 4) is 5.69 Å². The molecule has 1 saturated heterocycles. The second-order valence-corrected chi connectivity index (χ2v) is 7.23. The molecule has 26 heavy (non-hydrogen) atoms. The van der Waals surface area contributed by atoms with Gasteiger partial charge in [0, 0.05) is 32.1 Å². The first-order chi connectivity index (χ1) is 12.6. The van der Waals surface area contributed by atoms with Crippen LogP contribution in [0.3, 0.4) is 0 Å². The molecular formula is C20H25FN4O. The highest BCUT2D eigenvalue weighted by atomic mass is 19.1. The lowest BCUT2D eigenvalue weighted by atomic mass is 10.1. The molecule has 1 saturated carbocycles. The van der Waals surface area contributed by atoms with Gasteiger partial charge in [-0.05, 0) is 50.6 Å². The number of rotatable bonds is 4. The van der Waals surface area contributed by atoms with Crippen LogP contribution in [0, 0.1) is 12.7 Å². The smallest absolute Gasteiger partial charge is 0.257 e. The van der Waals surface area contributed by atoms with Crippen LogP contribution in [-0.2, 0) is 0 Å². The Balaban J connectivity index is 1.67. The number of halogens is 1. The predicted octanol–water partition coefficient (Wildman–Crippen LogP) is 2.97. The third kappa shape index (κ3) is 3.14. The molecule has 1 aromatic carbocycles. The Morgan fingerprint density at radius 1 is 1.15 bits per heavy atom. The topological polar surface area (TPSA) is 41.4 Å². The van der Waals surface area contributed by atoms with Crippen molar-refractivity contribution >= 4 is 5.91 Å². The molecule has 0 atom stereocenters.